The average Bonchev–Trinajstić information content (AvgIpc) is 3.18. The molecule has 0 spiro atoms. The molecule has 2 heterocycles. The first-order valence-electron chi connectivity index (χ1n) is 11.2. The van der Waals surface area contributed by atoms with Crippen LogP contribution >= 0.6 is 39.1 Å². The molecule has 35 heavy (non-hydrogen) atoms. The van der Waals surface area contributed by atoms with E-state index < -0.39 is 10.1 Å². The molecule has 5 rings (SSSR count). The molecule has 0 saturated heterocycles. The first-order chi connectivity index (χ1) is 16.8. The third-order valence-electron chi connectivity index (χ3n) is 6.03. The van der Waals surface area contributed by atoms with Crippen LogP contribution in [0.25, 0.3) is 16.9 Å². The number of nitrogens with zero attached hydrogens (tertiary/aromatic N) is 2. The fourth-order valence-corrected chi connectivity index (χ4v) is 6.38. The molecule has 0 unspecified atom stereocenters. The van der Waals surface area contributed by atoms with E-state index in [-0.39, 0.29) is 20.7 Å². The van der Waals surface area contributed by atoms with Gasteiger partial charge in [-0.25, -0.2) is 4.98 Å². The third kappa shape index (κ3) is 5.16. The molecule has 1 aliphatic rings. The number of imidazole rings is 1. The lowest BCUT2D eigenvalue weighted by atomic mass is 9.95. The highest BCUT2D eigenvalue weighted by molar-refractivity contribution is 9.10. The van der Waals surface area contributed by atoms with E-state index in [2.05, 4.69) is 21.2 Å². The zero-order chi connectivity index (χ0) is 24.6. The number of rotatable bonds is 6. The van der Waals surface area contributed by atoms with E-state index in [0.717, 1.165) is 28.8 Å². The Morgan fingerprint density at radius 2 is 1.80 bits per heavy atom. The number of aromatic nitrogens is 2. The van der Waals surface area contributed by atoms with Crippen molar-refractivity contribution in [2.45, 2.75) is 43.0 Å². The summed E-state index contributed by atoms with van der Waals surface area (Å²) in [5.41, 5.74) is 1.89. The van der Waals surface area contributed by atoms with Crippen molar-refractivity contribution in [1.29, 1.82) is 0 Å². The minimum atomic E-state index is -4.25. The molecule has 4 aromatic rings. The number of hydrogen-bond acceptors (Lipinski definition) is 5. The predicted molar refractivity (Wildman–Crippen MR) is 143 cm³/mol. The summed E-state index contributed by atoms with van der Waals surface area (Å²) in [5, 5.41) is 3.95. The average molecular weight is 595 g/mol. The van der Waals surface area contributed by atoms with E-state index in [4.69, 9.17) is 32.4 Å². The zero-order valence-electron chi connectivity index (χ0n) is 18.5. The summed E-state index contributed by atoms with van der Waals surface area (Å²) < 4.78 is 34.8. The highest BCUT2D eigenvalue weighted by Crippen LogP contribution is 2.38. The lowest BCUT2D eigenvalue weighted by Gasteiger charge is -2.24. The highest BCUT2D eigenvalue weighted by atomic mass is 79.9. The number of para-hydroxylation sites is 1. The minimum Gasteiger partial charge on any atom is -0.378 e. The SMILES string of the molecule is O=S(=O)(Oc1ccccc1-c1nc2ccc(Br)cn2c1NC1CCCCC1)c1cc(Cl)ccc1Cl. The van der Waals surface area contributed by atoms with Crippen LogP contribution in [0.15, 0.2) is 70.2 Å². The molecule has 0 amide bonds. The smallest absolute Gasteiger partial charge is 0.340 e. The van der Waals surface area contributed by atoms with Crippen LogP contribution in [0.3, 0.4) is 0 Å². The molecule has 182 valence electrons. The monoisotopic (exact) mass is 593 g/mol. The molecule has 0 bridgehead atoms. The van der Waals surface area contributed by atoms with Gasteiger partial charge in [0, 0.05) is 27.3 Å². The zero-order valence-corrected chi connectivity index (χ0v) is 22.5. The summed E-state index contributed by atoms with van der Waals surface area (Å²) in [5.74, 6) is 0.945. The Bertz CT molecular complexity index is 1500. The van der Waals surface area contributed by atoms with Crippen LogP contribution in [-0.4, -0.2) is 23.8 Å². The van der Waals surface area contributed by atoms with Crippen molar-refractivity contribution < 1.29 is 12.6 Å². The molecule has 1 fully saturated rings. The minimum absolute atomic E-state index is 0.0316. The number of anilines is 1. The van der Waals surface area contributed by atoms with Gasteiger partial charge in [0.1, 0.15) is 22.1 Å². The van der Waals surface area contributed by atoms with E-state index in [1.54, 1.807) is 18.2 Å². The largest absolute Gasteiger partial charge is 0.378 e. The predicted octanol–water partition coefficient (Wildman–Crippen LogP) is 7.58. The van der Waals surface area contributed by atoms with Crippen molar-refractivity contribution in [1.82, 2.24) is 9.38 Å². The van der Waals surface area contributed by atoms with Crippen molar-refractivity contribution in [2.24, 2.45) is 0 Å². The first kappa shape index (κ1) is 24.4. The fourth-order valence-electron chi connectivity index (χ4n) is 4.35. The number of halogens is 3. The molecule has 10 heteroatoms. The van der Waals surface area contributed by atoms with Crippen LogP contribution in [0.4, 0.5) is 5.82 Å². The van der Waals surface area contributed by atoms with Crippen LogP contribution < -0.4 is 9.50 Å². The Kier molecular flexibility index (Phi) is 6.99. The maximum atomic E-state index is 13.2. The van der Waals surface area contributed by atoms with Gasteiger partial charge in [-0.1, -0.05) is 54.6 Å². The number of hydrogen-bond donors (Lipinski definition) is 1. The standard InChI is InChI=1S/C25H22BrCl2N3O3S/c26-16-10-13-23-30-24(25(31(23)15-16)29-18-6-2-1-3-7-18)19-8-4-5-9-21(19)34-35(32,33)22-14-17(27)11-12-20(22)28/h4-5,8-15,18,29H,1-3,6-7H2. The van der Waals surface area contributed by atoms with Gasteiger partial charge < -0.3 is 9.50 Å². The third-order valence-corrected chi connectivity index (χ3v) is 8.45. The maximum absolute atomic E-state index is 13.2. The molecular formula is C25H22BrCl2N3O3S. The van der Waals surface area contributed by atoms with Crippen LogP contribution in [0.2, 0.25) is 10.0 Å². The Morgan fingerprint density at radius 1 is 1.03 bits per heavy atom. The van der Waals surface area contributed by atoms with Crippen molar-refractivity contribution in [3.05, 3.63) is 75.3 Å². The molecule has 2 aromatic heterocycles. The van der Waals surface area contributed by atoms with Gasteiger partial charge in [-0.3, -0.25) is 4.40 Å². The van der Waals surface area contributed by atoms with Crippen LogP contribution in [-0.2, 0) is 10.1 Å². The summed E-state index contributed by atoms with van der Waals surface area (Å²) in [6, 6.07) is 15.3. The summed E-state index contributed by atoms with van der Waals surface area (Å²) in [7, 11) is -4.25. The molecule has 0 radical (unpaired) electrons. The lowest BCUT2D eigenvalue weighted by Crippen LogP contribution is -2.23. The summed E-state index contributed by atoms with van der Waals surface area (Å²) in [4.78, 5) is 4.65. The van der Waals surface area contributed by atoms with E-state index >= 15 is 0 Å². The van der Waals surface area contributed by atoms with Gasteiger partial charge >= 0.3 is 10.1 Å². The van der Waals surface area contributed by atoms with Gasteiger partial charge in [-0.05, 0) is 71.2 Å². The van der Waals surface area contributed by atoms with Gasteiger partial charge in [0.05, 0.1) is 5.02 Å². The van der Waals surface area contributed by atoms with Crippen LogP contribution in [0.5, 0.6) is 5.75 Å². The van der Waals surface area contributed by atoms with E-state index in [9.17, 15) is 8.42 Å². The Hall–Kier alpha value is -2.26. The molecule has 1 N–H and O–H groups in total. The van der Waals surface area contributed by atoms with E-state index in [1.807, 2.05) is 28.8 Å². The van der Waals surface area contributed by atoms with Gasteiger partial charge in [-0.15, -0.1) is 0 Å². The summed E-state index contributed by atoms with van der Waals surface area (Å²) in [6.45, 7) is 0. The lowest BCUT2D eigenvalue weighted by molar-refractivity contribution is 0.461. The number of benzene rings is 2. The Balaban J connectivity index is 1.61. The van der Waals surface area contributed by atoms with Gasteiger partial charge in [-0.2, -0.15) is 8.42 Å². The second kappa shape index (κ2) is 10.0. The van der Waals surface area contributed by atoms with Crippen molar-refractivity contribution >= 4 is 60.7 Å². The number of nitrogens with one attached hydrogen (secondary N) is 1. The van der Waals surface area contributed by atoms with E-state index in [1.165, 1.54) is 37.5 Å². The van der Waals surface area contributed by atoms with Crippen molar-refractivity contribution in [2.75, 3.05) is 5.32 Å². The molecule has 6 nitrogen and oxygen atoms in total. The number of pyridine rings is 1. The van der Waals surface area contributed by atoms with E-state index in [0.29, 0.717) is 17.3 Å². The number of fused-ring (bicyclic) bond motifs is 1. The molecular weight excluding hydrogens is 573 g/mol. The molecule has 1 aliphatic carbocycles. The van der Waals surface area contributed by atoms with Gasteiger partial charge in [0.25, 0.3) is 0 Å². The molecule has 0 aliphatic heterocycles. The summed E-state index contributed by atoms with van der Waals surface area (Å²) >= 11 is 15.7. The highest BCUT2D eigenvalue weighted by Gasteiger charge is 2.26. The second-order valence-electron chi connectivity index (χ2n) is 8.47. The Labute approximate surface area is 222 Å². The van der Waals surface area contributed by atoms with Crippen molar-refractivity contribution in [3.8, 4) is 17.0 Å². The van der Waals surface area contributed by atoms with Crippen molar-refractivity contribution in [3.63, 3.8) is 0 Å². The molecule has 1 saturated carbocycles. The molecule has 0 atom stereocenters. The quantitative estimate of drug-likeness (QED) is 0.233. The normalized spacial score (nSPS) is 14.8. The molecule has 2 aromatic carbocycles. The topological polar surface area (TPSA) is 72.7 Å². The second-order valence-corrected chi connectivity index (χ2v) is 11.7. The maximum Gasteiger partial charge on any atom is 0.340 e. The van der Waals surface area contributed by atoms with Gasteiger partial charge in [0.15, 0.2) is 5.75 Å². The summed E-state index contributed by atoms with van der Waals surface area (Å²) in [6.07, 6.45) is 7.67. The van der Waals surface area contributed by atoms with Crippen LogP contribution in [0.1, 0.15) is 32.1 Å². The van der Waals surface area contributed by atoms with Crippen LogP contribution in [0, 0.1) is 0 Å². The fraction of sp³-hybridized carbons (Fsp3) is 0.240. The van der Waals surface area contributed by atoms with Gasteiger partial charge in [0.2, 0.25) is 0 Å². The first-order valence-corrected chi connectivity index (χ1v) is 14.2. The Morgan fingerprint density at radius 3 is 2.60 bits per heavy atom.